The minimum absolute atomic E-state index is 0.0212. The minimum Gasteiger partial charge on any atom is -0.488 e. The van der Waals surface area contributed by atoms with Gasteiger partial charge in [-0.3, -0.25) is 0 Å². The molecular weight excluding hydrogens is 280 g/mol. The van der Waals surface area contributed by atoms with E-state index in [1.54, 1.807) is 0 Å². The summed E-state index contributed by atoms with van der Waals surface area (Å²) >= 11 is 0. The first kappa shape index (κ1) is 16.6. The summed E-state index contributed by atoms with van der Waals surface area (Å²) in [4.78, 5) is 11.8. The number of carbonyl (C=O) groups is 1. The van der Waals surface area contributed by atoms with Crippen LogP contribution in [0.25, 0.3) is 0 Å². The zero-order valence-corrected chi connectivity index (χ0v) is 13.3. The van der Waals surface area contributed by atoms with Gasteiger partial charge in [-0.1, -0.05) is 44.9 Å². The smallest absolute Gasteiger partial charge is 0.315 e. The Morgan fingerprint density at radius 3 is 2.73 bits per heavy atom. The van der Waals surface area contributed by atoms with Crippen LogP contribution < -0.4 is 15.4 Å². The molecule has 0 saturated carbocycles. The fourth-order valence-electron chi connectivity index (χ4n) is 2.83. The van der Waals surface area contributed by atoms with Gasteiger partial charge in [-0.15, -0.1) is 0 Å². The molecule has 0 aliphatic carbocycles. The van der Waals surface area contributed by atoms with Crippen molar-refractivity contribution < 1.29 is 14.6 Å². The van der Waals surface area contributed by atoms with Crippen molar-refractivity contribution in [1.82, 2.24) is 10.6 Å². The van der Waals surface area contributed by atoms with Crippen LogP contribution in [0.2, 0.25) is 0 Å². The van der Waals surface area contributed by atoms with Crippen LogP contribution in [0.15, 0.2) is 24.3 Å². The van der Waals surface area contributed by atoms with Gasteiger partial charge in [0.25, 0.3) is 0 Å². The number of hydrogen-bond donors (Lipinski definition) is 3. The van der Waals surface area contributed by atoms with E-state index in [1.165, 1.54) is 5.56 Å². The fourth-order valence-corrected chi connectivity index (χ4v) is 2.83. The highest BCUT2D eigenvalue weighted by Gasteiger charge is 2.23. The number of urea groups is 1. The fraction of sp³-hybridized carbons (Fsp3) is 0.588. The Bertz CT molecular complexity index is 464. The van der Waals surface area contributed by atoms with E-state index >= 15 is 0 Å². The molecule has 2 atom stereocenters. The molecule has 3 N–H and O–H groups in total. The molecule has 2 rings (SSSR count). The average Bonchev–Trinajstić information content (AvgIpc) is 2.95. The number of nitrogens with one attached hydrogen (secondary N) is 2. The zero-order chi connectivity index (χ0) is 15.9. The molecule has 1 aromatic carbocycles. The summed E-state index contributed by atoms with van der Waals surface area (Å²) in [5.41, 5.74) is 1.18. The van der Waals surface area contributed by atoms with E-state index in [1.807, 2.05) is 38.1 Å². The van der Waals surface area contributed by atoms with E-state index in [-0.39, 0.29) is 24.6 Å². The Labute approximate surface area is 132 Å². The second kappa shape index (κ2) is 8.03. The molecule has 0 aromatic heterocycles. The average molecular weight is 306 g/mol. The van der Waals surface area contributed by atoms with Crippen LogP contribution in [0.4, 0.5) is 4.79 Å². The number of carbonyl (C=O) groups excluding carboxylic acids is 1. The molecule has 2 unspecified atom stereocenters. The predicted octanol–water partition coefficient (Wildman–Crippen LogP) is 2.09. The molecule has 2 amide bonds. The number of rotatable bonds is 7. The number of benzene rings is 1. The molecule has 1 aliphatic rings. The largest absolute Gasteiger partial charge is 0.488 e. The Morgan fingerprint density at radius 1 is 1.32 bits per heavy atom. The van der Waals surface area contributed by atoms with E-state index in [0.717, 1.165) is 25.0 Å². The third-order valence-corrected chi connectivity index (χ3v) is 4.27. The number of para-hydroxylation sites is 1. The van der Waals surface area contributed by atoms with Crippen LogP contribution in [0.1, 0.15) is 32.3 Å². The van der Waals surface area contributed by atoms with Gasteiger partial charge in [-0.2, -0.15) is 0 Å². The van der Waals surface area contributed by atoms with Gasteiger partial charge in [0.1, 0.15) is 11.9 Å². The molecular formula is C17H26N2O3. The third-order valence-electron chi connectivity index (χ3n) is 4.27. The maximum absolute atomic E-state index is 11.8. The van der Waals surface area contributed by atoms with Gasteiger partial charge in [0.05, 0.1) is 12.6 Å². The number of hydrogen-bond acceptors (Lipinski definition) is 3. The van der Waals surface area contributed by atoms with Crippen molar-refractivity contribution in [2.75, 3.05) is 13.1 Å². The molecule has 0 bridgehead atoms. The third kappa shape index (κ3) is 4.37. The first-order valence-electron chi connectivity index (χ1n) is 8.08. The van der Waals surface area contributed by atoms with Crippen molar-refractivity contribution in [3.8, 4) is 5.75 Å². The summed E-state index contributed by atoms with van der Waals surface area (Å²) in [5, 5.41) is 15.5. The summed E-state index contributed by atoms with van der Waals surface area (Å²) < 4.78 is 5.76. The highest BCUT2D eigenvalue weighted by Crippen LogP contribution is 2.27. The first-order chi connectivity index (χ1) is 10.6. The summed E-state index contributed by atoms with van der Waals surface area (Å²) in [6, 6.07) is 7.66. The van der Waals surface area contributed by atoms with Gasteiger partial charge in [0.2, 0.25) is 0 Å². The summed E-state index contributed by atoms with van der Waals surface area (Å²) in [6.07, 6.45) is 2.12. The van der Waals surface area contributed by atoms with Crippen molar-refractivity contribution in [1.29, 1.82) is 0 Å². The normalized spacial score (nSPS) is 17.7. The zero-order valence-electron chi connectivity index (χ0n) is 13.3. The van der Waals surface area contributed by atoms with Crippen LogP contribution >= 0.6 is 0 Å². The van der Waals surface area contributed by atoms with Crippen molar-refractivity contribution in [3.63, 3.8) is 0 Å². The lowest BCUT2D eigenvalue weighted by atomic mass is 9.97. The molecule has 122 valence electrons. The molecule has 1 aromatic rings. The predicted molar refractivity (Wildman–Crippen MR) is 86.0 cm³/mol. The molecule has 0 radical (unpaired) electrons. The van der Waals surface area contributed by atoms with Crippen LogP contribution in [0.5, 0.6) is 5.75 Å². The molecule has 0 fully saturated rings. The van der Waals surface area contributed by atoms with Gasteiger partial charge in [-0.05, 0) is 17.5 Å². The second-order valence-electron chi connectivity index (χ2n) is 5.79. The lowest BCUT2D eigenvalue weighted by molar-refractivity contribution is 0.103. The number of amides is 2. The molecule has 0 saturated heterocycles. The molecule has 1 heterocycles. The summed E-state index contributed by atoms with van der Waals surface area (Å²) in [6.45, 7) is 4.84. The molecule has 22 heavy (non-hydrogen) atoms. The molecule has 0 spiro atoms. The highest BCUT2D eigenvalue weighted by atomic mass is 16.5. The summed E-state index contributed by atoms with van der Waals surface area (Å²) in [5.74, 6) is 1.13. The van der Waals surface area contributed by atoms with Crippen molar-refractivity contribution >= 4 is 6.03 Å². The van der Waals surface area contributed by atoms with E-state index in [4.69, 9.17) is 4.74 Å². The quantitative estimate of drug-likeness (QED) is 0.722. The highest BCUT2D eigenvalue weighted by molar-refractivity contribution is 5.73. The van der Waals surface area contributed by atoms with E-state index < -0.39 is 6.10 Å². The number of fused-ring (bicyclic) bond motifs is 1. The molecule has 5 heteroatoms. The van der Waals surface area contributed by atoms with Gasteiger partial charge in [0, 0.05) is 13.0 Å². The first-order valence-corrected chi connectivity index (χ1v) is 8.08. The van der Waals surface area contributed by atoms with E-state index in [0.29, 0.717) is 6.54 Å². The Morgan fingerprint density at radius 2 is 2.05 bits per heavy atom. The summed E-state index contributed by atoms with van der Waals surface area (Å²) in [7, 11) is 0. The maximum atomic E-state index is 11.8. The SMILES string of the molecule is CCC(CC)C(O)CNC(=O)NCC1Cc2ccccc2O1. The van der Waals surface area contributed by atoms with Gasteiger partial charge in [0.15, 0.2) is 0 Å². The number of aliphatic hydroxyl groups is 1. The van der Waals surface area contributed by atoms with Crippen molar-refractivity contribution in [3.05, 3.63) is 29.8 Å². The van der Waals surface area contributed by atoms with Crippen LogP contribution in [0.3, 0.4) is 0 Å². The Hall–Kier alpha value is -1.75. The van der Waals surface area contributed by atoms with Crippen molar-refractivity contribution in [2.24, 2.45) is 5.92 Å². The molecule has 5 nitrogen and oxygen atoms in total. The lowest BCUT2D eigenvalue weighted by Crippen LogP contribution is -2.44. The standard InChI is InChI=1S/C17H26N2O3/c1-3-12(4-2)15(20)11-19-17(21)18-10-14-9-13-7-5-6-8-16(13)22-14/h5-8,12,14-15,20H,3-4,9-11H2,1-2H3,(H2,18,19,21). The van der Waals surface area contributed by atoms with E-state index in [2.05, 4.69) is 10.6 Å². The Balaban J connectivity index is 1.67. The van der Waals surface area contributed by atoms with Crippen molar-refractivity contribution in [2.45, 2.75) is 45.3 Å². The molecule has 1 aliphatic heterocycles. The number of aliphatic hydroxyl groups excluding tert-OH is 1. The topological polar surface area (TPSA) is 70.6 Å². The second-order valence-corrected chi connectivity index (χ2v) is 5.79. The van der Waals surface area contributed by atoms with Gasteiger partial charge < -0.3 is 20.5 Å². The Kier molecular flexibility index (Phi) is 6.07. The maximum Gasteiger partial charge on any atom is 0.315 e. The number of ether oxygens (including phenoxy) is 1. The minimum atomic E-state index is -0.493. The van der Waals surface area contributed by atoms with Crippen LogP contribution in [-0.4, -0.2) is 36.4 Å². The van der Waals surface area contributed by atoms with Gasteiger partial charge in [-0.25, -0.2) is 4.79 Å². The lowest BCUT2D eigenvalue weighted by Gasteiger charge is -2.20. The monoisotopic (exact) mass is 306 g/mol. The van der Waals surface area contributed by atoms with Crippen LogP contribution in [0, 0.1) is 5.92 Å². The van der Waals surface area contributed by atoms with Gasteiger partial charge >= 0.3 is 6.03 Å². The van der Waals surface area contributed by atoms with E-state index in [9.17, 15) is 9.90 Å². The van der Waals surface area contributed by atoms with Crippen LogP contribution in [-0.2, 0) is 6.42 Å².